The summed E-state index contributed by atoms with van der Waals surface area (Å²) in [4.78, 5) is 0. The molecular weight excluding hydrogens is 152 g/mol. The van der Waals surface area contributed by atoms with Gasteiger partial charge in [0.05, 0.1) is 0 Å². The monoisotopic (exact) mass is 165 g/mol. The van der Waals surface area contributed by atoms with Gasteiger partial charge in [-0.2, -0.15) is 0 Å². The molecule has 0 atom stereocenters. The fraction of sp³-hybridized carbons (Fsp3) is 0.750. The van der Waals surface area contributed by atoms with Gasteiger partial charge in [0, 0.05) is 26.1 Å². The Balaban J connectivity index is 2.13. The van der Waals surface area contributed by atoms with Crippen LogP contribution in [-0.2, 0) is 7.05 Å². The van der Waals surface area contributed by atoms with E-state index in [2.05, 4.69) is 15.5 Å². The summed E-state index contributed by atoms with van der Waals surface area (Å²) in [7, 11) is 2.00. The Hall–Kier alpha value is -0.900. The van der Waals surface area contributed by atoms with E-state index in [1.165, 1.54) is 0 Å². The number of piperidine rings is 1. The van der Waals surface area contributed by atoms with Crippen molar-refractivity contribution in [3.63, 3.8) is 0 Å². The van der Waals surface area contributed by atoms with Gasteiger partial charge in [-0.3, -0.25) is 0 Å². The molecule has 0 amide bonds. The van der Waals surface area contributed by atoms with Crippen LogP contribution in [0, 0.1) is 0 Å². The van der Waals surface area contributed by atoms with E-state index in [1.54, 1.807) is 6.33 Å². The minimum Gasteiger partial charge on any atom is -0.320 e. The van der Waals surface area contributed by atoms with Gasteiger partial charge in [0.15, 0.2) is 0 Å². The van der Waals surface area contributed by atoms with Gasteiger partial charge in [-0.25, -0.2) is 5.32 Å². The molecule has 1 aliphatic heterocycles. The lowest BCUT2D eigenvalue weighted by Gasteiger charge is -2.20. The zero-order valence-electron chi connectivity index (χ0n) is 7.27. The summed E-state index contributed by atoms with van der Waals surface area (Å²) in [5.41, 5.74) is 0. The Morgan fingerprint density at radius 3 is 2.75 bits per heavy atom. The molecule has 0 spiro atoms. The number of rotatable bonds is 1. The maximum absolute atomic E-state index is 4.31. The molecule has 1 aromatic rings. The molecule has 0 saturated carbocycles. The summed E-state index contributed by atoms with van der Waals surface area (Å²) in [6.07, 6.45) is 4.03. The van der Waals surface area contributed by atoms with Crippen molar-refractivity contribution in [2.45, 2.75) is 18.8 Å². The van der Waals surface area contributed by atoms with Gasteiger partial charge in [0.25, 0.3) is 0 Å². The highest BCUT2D eigenvalue weighted by atomic mass is 15.2. The Labute approximate surface area is 72.0 Å². The fourth-order valence-corrected chi connectivity index (χ4v) is 1.67. The first-order valence-electron chi connectivity index (χ1n) is 4.35. The summed E-state index contributed by atoms with van der Waals surface area (Å²) in [6.45, 7) is 1.97. The molecule has 1 aromatic heterocycles. The molecule has 0 aromatic carbocycles. The van der Waals surface area contributed by atoms with Gasteiger partial charge < -0.3 is 4.57 Å². The maximum Gasteiger partial charge on any atom is 0.135 e. The molecule has 4 nitrogen and oxygen atoms in total. The Morgan fingerprint density at radius 2 is 2.17 bits per heavy atom. The Morgan fingerprint density at radius 1 is 1.42 bits per heavy atom. The van der Waals surface area contributed by atoms with Crippen LogP contribution < -0.4 is 5.32 Å². The van der Waals surface area contributed by atoms with Crippen LogP contribution in [0.15, 0.2) is 6.33 Å². The molecule has 1 fully saturated rings. The lowest BCUT2D eigenvalue weighted by molar-refractivity contribution is 0.430. The second-order valence-electron chi connectivity index (χ2n) is 3.25. The molecule has 1 aliphatic rings. The predicted octanol–water partition coefficient (Wildman–Crippen LogP) is 0.297. The lowest BCUT2D eigenvalue weighted by atomic mass is 9.97. The zero-order chi connectivity index (χ0) is 8.39. The van der Waals surface area contributed by atoms with E-state index in [0.717, 1.165) is 31.8 Å². The van der Waals surface area contributed by atoms with E-state index < -0.39 is 0 Å². The van der Waals surface area contributed by atoms with Gasteiger partial charge >= 0.3 is 0 Å². The quantitative estimate of drug-likeness (QED) is 0.600. The smallest absolute Gasteiger partial charge is 0.135 e. The number of aryl methyl sites for hydroxylation is 1. The van der Waals surface area contributed by atoms with E-state index >= 15 is 0 Å². The summed E-state index contributed by atoms with van der Waals surface area (Å²) in [6, 6.07) is 0. The largest absolute Gasteiger partial charge is 0.320 e. The average Bonchev–Trinajstić information content (AvgIpc) is 2.53. The van der Waals surface area contributed by atoms with Crippen LogP contribution in [0.1, 0.15) is 24.6 Å². The third kappa shape index (κ3) is 1.34. The molecule has 2 rings (SSSR count). The van der Waals surface area contributed by atoms with Crippen molar-refractivity contribution in [3.8, 4) is 0 Å². The van der Waals surface area contributed by atoms with Crippen LogP contribution in [-0.4, -0.2) is 27.9 Å². The highest BCUT2D eigenvalue weighted by Crippen LogP contribution is 2.22. The molecule has 0 unspecified atom stereocenters. The summed E-state index contributed by atoms with van der Waals surface area (Å²) < 4.78 is 2.01. The minimum absolute atomic E-state index is 0.579. The number of aromatic nitrogens is 3. The highest BCUT2D eigenvalue weighted by Gasteiger charge is 2.19. The summed E-state index contributed by atoms with van der Waals surface area (Å²) in [5, 5.41) is 12.3. The van der Waals surface area contributed by atoms with Crippen molar-refractivity contribution in [3.05, 3.63) is 12.2 Å². The van der Waals surface area contributed by atoms with Crippen molar-refractivity contribution in [2.75, 3.05) is 13.1 Å². The van der Waals surface area contributed by atoms with E-state index in [1.807, 2.05) is 11.6 Å². The number of nitrogens with zero attached hydrogens (tertiary/aromatic N) is 4. The Kier molecular flexibility index (Phi) is 2.08. The van der Waals surface area contributed by atoms with E-state index in [0.29, 0.717) is 5.92 Å². The van der Waals surface area contributed by atoms with Crippen LogP contribution in [0.25, 0.3) is 0 Å². The third-order valence-corrected chi connectivity index (χ3v) is 2.38. The molecule has 0 N–H and O–H groups in total. The van der Waals surface area contributed by atoms with Crippen LogP contribution in [0.2, 0.25) is 0 Å². The highest BCUT2D eigenvalue weighted by molar-refractivity contribution is 4.97. The summed E-state index contributed by atoms with van der Waals surface area (Å²) >= 11 is 0. The first-order chi connectivity index (χ1) is 5.88. The molecule has 1 saturated heterocycles. The third-order valence-electron chi connectivity index (χ3n) is 2.38. The van der Waals surface area contributed by atoms with Crippen molar-refractivity contribution in [1.29, 1.82) is 0 Å². The molecule has 65 valence electrons. The van der Waals surface area contributed by atoms with Crippen molar-refractivity contribution >= 4 is 0 Å². The number of hydrogen-bond donors (Lipinski definition) is 0. The lowest BCUT2D eigenvalue weighted by Crippen LogP contribution is -2.22. The molecule has 12 heavy (non-hydrogen) atoms. The molecule has 0 bridgehead atoms. The normalized spacial score (nSPS) is 19.8. The molecule has 4 heteroatoms. The van der Waals surface area contributed by atoms with Crippen LogP contribution in [0.4, 0.5) is 0 Å². The van der Waals surface area contributed by atoms with E-state index in [4.69, 9.17) is 0 Å². The first-order valence-corrected chi connectivity index (χ1v) is 4.35. The Bertz CT molecular complexity index is 249. The molecule has 2 heterocycles. The second-order valence-corrected chi connectivity index (χ2v) is 3.25. The first kappa shape index (κ1) is 7.73. The summed E-state index contributed by atoms with van der Waals surface area (Å²) in [5.74, 6) is 1.69. The van der Waals surface area contributed by atoms with E-state index in [-0.39, 0.29) is 0 Å². The van der Waals surface area contributed by atoms with Crippen LogP contribution >= 0.6 is 0 Å². The fourth-order valence-electron chi connectivity index (χ4n) is 1.67. The van der Waals surface area contributed by atoms with Gasteiger partial charge in [-0.05, 0) is 12.8 Å². The van der Waals surface area contributed by atoms with Crippen LogP contribution in [0.5, 0.6) is 0 Å². The topological polar surface area (TPSA) is 44.8 Å². The zero-order valence-corrected chi connectivity index (χ0v) is 7.27. The minimum atomic E-state index is 0.579. The molecule has 0 aliphatic carbocycles. The van der Waals surface area contributed by atoms with E-state index in [9.17, 15) is 0 Å². The van der Waals surface area contributed by atoms with Gasteiger partial charge in [0.1, 0.15) is 12.2 Å². The SMILES string of the molecule is Cn1cnnc1C1CC[N]CC1. The number of hydrogen-bond acceptors (Lipinski definition) is 2. The second kappa shape index (κ2) is 3.23. The molecular formula is C8H13N4. The van der Waals surface area contributed by atoms with Gasteiger partial charge in [0.2, 0.25) is 0 Å². The average molecular weight is 165 g/mol. The van der Waals surface area contributed by atoms with Crippen molar-refractivity contribution < 1.29 is 0 Å². The standard InChI is InChI=1S/C8H13N4/c1-12-6-10-11-8(12)7-2-4-9-5-3-7/h6-7H,2-5H2,1H3. The maximum atomic E-state index is 4.31. The van der Waals surface area contributed by atoms with Gasteiger partial charge in [-0.1, -0.05) is 0 Å². The van der Waals surface area contributed by atoms with Gasteiger partial charge in [-0.15, -0.1) is 10.2 Å². The van der Waals surface area contributed by atoms with Crippen molar-refractivity contribution in [2.24, 2.45) is 7.05 Å². The molecule has 1 radical (unpaired) electrons. The predicted molar refractivity (Wildman–Crippen MR) is 44.8 cm³/mol. The van der Waals surface area contributed by atoms with Crippen LogP contribution in [0.3, 0.4) is 0 Å². The van der Waals surface area contributed by atoms with Crippen molar-refractivity contribution in [1.82, 2.24) is 20.1 Å².